The van der Waals surface area contributed by atoms with Gasteiger partial charge in [0.2, 0.25) is 17.7 Å². The zero-order valence-electron chi connectivity index (χ0n) is 13.7. The van der Waals surface area contributed by atoms with Gasteiger partial charge in [0, 0.05) is 38.5 Å². The molecule has 2 saturated heterocycles. The molecule has 2 N–H and O–H groups in total. The van der Waals surface area contributed by atoms with Gasteiger partial charge < -0.3 is 15.5 Å². The summed E-state index contributed by atoms with van der Waals surface area (Å²) in [6.07, 6.45) is 1.52. The summed E-state index contributed by atoms with van der Waals surface area (Å²) in [5.74, 6) is -0.626. The quantitative estimate of drug-likeness (QED) is 0.885. The normalized spacial score (nSPS) is 22.0. The highest BCUT2D eigenvalue weighted by Gasteiger charge is 2.37. The van der Waals surface area contributed by atoms with E-state index in [1.807, 2.05) is 30.3 Å². The Morgan fingerprint density at radius 3 is 2.38 bits per heavy atom. The molecule has 1 aromatic carbocycles. The number of amides is 3. The molecule has 1 atom stereocenters. The van der Waals surface area contributed by atoms with Gasteiger partial charge in [-0.1, -0.05) is 30.3 Å². The average Bonchev–Trinajstić information content (AvgIpc) is 2.96. The van der Waals surface area contributed by atoms with Crippen LogP contribution in [0.3, 0.4) is 0 Å². The van der Waals surface area contributed by atoms with Crippen molar-refractivity contribution in [2.75, 3.05) is 19.6 Å². The van der Waals surface area contributed by atoms with E-state index < -0.39 is 0 Å². The topological polar surface area (TPSA) is 83.7 Å². The third-order valence-electron chi connectivity index (χ3n) is 4.99. The minimum atomic E-state index is -0.285. The molecule has 1 aromatic rings. The van der Waals surface area contributed by atoms with Gasteiger partial charge in [0.1, 0.15) is 0 Å². The smallest absolute Gasteiger partial charge is 0.227 e. The first-order chi connectivity index (χ1) is 11.5. The molecule has 2 heterocycles. The molecule has 6 nitrogen and oxygen atoms in total. The SMILES string of the molecule is NC(=O)C1CCN(C(=O)C2CC(=O)N(Cc3ccccc3)C2)CC1. The molecule has 0 saturated carbocycles. The van der Waals surface area contributed by atoms with E-state index in [9.17, 15) is 14.4 Å². The first kappa shape index (κ1) is 16.5. The fourth-order valence-electron chi connectivity index (χ4n) is 3.54. The van der Waals surface area contributed by atoms with Crippen LogP contribution >= 0.6 is 0 Å². The number of hydrogen-bond acceptors (Lipinski definition) is 3. The maximum Gasteiger partial charge on any atom is 0.227 e. The van der Waals surface area contributed by atoms with Crippen LogP contribution in [0.2, 0.25) is 0 Å². The molecule has 2 aliphatic rings. The zero-order chi connectivity index (χ0) is 17.1. The van der Waals surface area contributed by atoms with E-state index in [2.05, 4.69) is 0 Å². The molecule has 0 aliphatic carbocycles. The summed E-state index contributed by atoms with van der Waals surface area (Å²) >= 11 is 0. The van der Waals surface area contributed by atoms with Gasteiger partial charge in [-0.25, -0.2) is 0 Å². The van der Waals surface area contributed by atoms with E-state index >= 15 is 0 Å². The Hall–Kier alpha value is -2.37. The van der Waals surface area contributed by atoms with E-state index in [1.165, 1.54) is 0 Å². The number of hydrogen-bond donors (Lipinski definition) is 1. The highest BCUT2D eigenvalue weighted by molar-refractivity contribution is 5.89. The number of rotatable bonds is 4. The van der Waals surface area contributed by atoms with Gasteiger partial charge in [-0.05, 0) is 18.4 Å². The number of carbonyl (C=O) groups excluding carboxylic acids is 3. The Balaban J connectivity index is 1.55. The molecule has 6 heteroatoms. The maximum atomic E-state index is 12.7. The van der Waals surface area contributed by atoms with Crippen molar-refractivity contribution in [3.8, 4) is 0 Å². The Kier molecular flexibility index (Phi) is 4.83. The molecule has 128 valence electrons. The van der Waals surface area contributed by atoms with Crippen LogP contribution in [0.5, 0.6) is 0 Å². The molecule has 2 aliphatic heterocycles. The highest BCUT2D eigenvalue weighted by atomic mass is 16.2. The van der Waals surface area contributed by atoms with Crippen molar-refractivity contribution >= 4 is 17.7 Å². The van der Waals surface area contributed by atoms with Crippen LogP contribution < -0.4 is 5.73 Å². The lowest BCUT2D eigenvalue weighted by Crippen LogP contribution is -2.44. The Labute approximate surface area is 141 Å². The third-order valence-corrected chi connectivity index (χ3v) is 4.99. The summed E-state index contributed by atoms with van der Waals surface area (Å²) in [6, 6.07) is 9.80. The summed E-state index contributed by atoms with van der Waals surface area (Å²) in [7, 11) is 0. The molecule has 2 fully saturated rings. The van der Waals surface area contributed by atoms with Crippen LogP contribution in [0.4, 0.5) is 0 Å². The van der Waals surface area contributed by atoms with Gasteiger partial charge in [-0.2, -0.15) is 0 Å². The van der Waals surface area contributed by atoms with Crippen molar-refractivity contribution < 1.29 is 14.4 Å². The van der Waals surface area contributed by atoms with Crippen molar-refractivity contribution in [3.05, 3.63) is 35.9 Å². The van der Waals surface area contributed by atoms with E-state index in [1.54, 1.807) is 9.80 Å². The molecule has 1 unspecified atom stereocenters. The monoisotopic (exact) mass is 329 g/mol. The van der Waals surface area contributed by atoms with Crippen molar-refractivity contribution in [1.29, 1.82) is 0 Å². The van der Waals surface area contributed by atoms with Crippen molar-refractivity contribution in [1.82, 2.24) is 9.80 Å². The van der Waals surface area contributed by atoms with Crippen LogP contribution in [0, 0.1) is 11.8 Å². The summed E-state index contributed by atoms with van der Waals surface area (Å²) < 4.78 is 0. The van der Waals surface area contributed by atoms with Gasteiger partial charge in [0.05, 0.1) is 5.92 Å². The van der Waals surface area contributed by atoms with Crippen molar-refractivity contribution in [3.63, 3.8) is 0 Å². The van der Waals surface area contributed by atoms with Crippen LogP contribution in [-0.4, -0.2) is 47.2 Å². The van der Waals surface area contributed by atoms with Gasteiger partial charge in [-0.15, -0.1) is 0 Å². The lowest BCUT2D eigenvalue weighted by Gasteiger charge is -2.32. The second kappa shape index (κ2) is 7.03. The van der Waals surface area contributed by atoms with E-state index in [0.29, 0.717) is 39.0 Å². The number of primary amides is 1. The predicted octanol–water partition coefficient (Wildman–Crippen LogP) is 0.759. The van der Waals surface area contributed by atoms with Gasteiger partial charge in [-0.3, -0.25) is 14.4 Å². The first-order valence-electron chi connectivity index (χ1n) is 8.44. The van der Waals surface area contributed by atoms with Crippen LogP contribution in [0.1, 0.15) is 24.8 Å². The average molecular weight is 329 g/mol. The standard InChI is InChI=1S/C18H23N3O3/c19-17(23)14-6-8-20(9-7-14)18(24)15-10-16(22)21(12-15)11-13-4-2-1-3-5-13/h1-5,14-15H,6-12H2,(H2,19,23). The maximum absolute atomic E-state index is 12.7. The first-order valence-corrected chi connectivity index (χ1v) is 8.44. The number of nitrogens with zero attached hydrogens (tertiary/aromatic N) is 2. The van der Waals surface area contributed by atoms with Gasteiger partial charge in [0.15, 0.2) is 0 Å². The summed E-state index contributed by atoms with van der Waals surface area (Å²) in [4.78, 5) is 39.6. The van der Waals surface area contributed by atoms with E-state index in [0.717, 1.165) is 5.56 Å². The third kappa shape index (κ3) is 3.58. The Morgan fingerprint density at radius 2 is 1.75 bits per heavy atom. The predicted molar refractivity (Wildman–Crippen MR) is 88.5 cm³/mol. The van der Waals surface area contributed by atoms with E-state index in [4.69, 9.17) is 5.73 Å². The number of carbonyl (C=O) groups is 3. The van der Waals surface area contributed by atoms with Gasteiger partial charge >= 0.3 is 0 Å². The van der Waals surface area contributed by atoms with Crippen LogP contribution in [0.25, 0.3) is 0 Å². The molecule has 0 bridgehead atoms. The molecule has 3 rings (SSSR count). The second-order valence-corrected chi connectivity index (χ2v) is 6.66. The molecule has 24 heavy (non-hydrogen) atoms. The summed E-state index contributed by atoms with van der Waals surface area (Å²) in [5, 5.41) is 0. The number of benzene rings is 1. The fourth-order valence-corrected chi connectivity index (χ4v) is 3.54. The van der Waals surface area contributed by atoms with Crippen molar-refractivity contribution in [2.24, 2.45) is 17.6 Å². The lowest BCUT2D eigenvalue weighted by atomic mass is 9.95. The number of likely N-dealkylation sites (tertiary alicyclic amines) is 2. The minimum Gasteiger partial charge on any atom is -0.369 e. The second-order valence-electron chi connectivity index (χ2n) is 6.66. The molecular weight excluding hydrogens is 306 g/mol. The van der Waals surface area contributed by atoms with E-state index in [-0.39, 0.29) is 36.0 Å². The molecule has 3 amide bonds. The van der Waals surface area contributed by atoms with Crippen LogP contribution in [0.15, 0.2) is 30.3 Å². The van der Waals surface area contributed by atoms with Gasteiger partial charge in [0.25, 0.3) is 0 Å². The largest absolute Gasteiger partial charge is 0.369 e. The fraction of sp³-hybridized carbons (Fsp3) is 0.500. The number of nitrogens with two attached hydrogens (primary N) is 1. The molecular formula is C18H23N3O3. The lowest BCUT2D eigenvalue weighted by molar-refractivity contribution is -0.138. The Morgan fingerprint density at radius 1 is 1.08 bits per heavy atom. The molecule has 0 spiro atoms. The molecule has 0 aromatic heterocycles. The Bertz CT molecular complexity index is 624. The minimum absolute atomic E-state index is 0.0295. The highest BCUT2D eigenvalue weighted by Crippen LogP contribution is 2.25. The number of piperidine rings is 1. The van der Waals surface area contributed by atoms with Crippen molar-refractivity contribution in [2.45, 2.75) is 25.8 Å². The summed E-state index contributed by atoms with van der Waals surface area (Å²) in [5.41, 5.74) is 6.40. The zero-order valence-corrected chi connectivity index (χ0v) is 13.7. The van der Waals surface area contributed by atoms with Crippen LogP contribution in [-0.2, 0) is 20.9 Å². The molecule has 0 radical (unpaired) electrons. The summed E-state index contributed by atoms with van der Waals surface area (Å²) in [6.45, 7) is 2.13.